The number of benzene rings is 2. The van der Waals surface area contributed by atoms with E-state index in [0.717, 1.165) is 23.6 Å². The van der Waals surface area contributed by atoms with Crippen molar-refractivity contribution in [3.05, 3.63) is 81.9 Å². The molecule has 0 spiro atoms. The van der Waals surface area contributed by atoms with Gasteiger partial charge in [0.2, 0.25) is 0 Å². The molecule has 0 aliphatic carbocycles. The van der Waals surface area contributed by atoms with Crippen molar-refractivity contribution in [2.24, 2.45) is 4.99 Å². The number of aliphatic imine (C=N–C) groups is 1. The predicted octanol–water partition coefficient (Wildman–Crippen LogP) is 4.72. The molecule has 0 amide bonds. The van der Waals surface area contributed by atoms with Crippen LogP contribution >= 0.6 is 11.6 Å². The van der Waals surface area contributed by atoms with Crippen LogP contribution in [0, 0.1) is 11.6 Å². The van der Waals surface area contributed by atoms with Crippen LogP contribution in [0.15, 0.2) is 47.6 Å². The zero-order valence-electron chi connectivity index (χ0n) is 13.4. The number of aryl methyl sites for hydroxylation is 1. The van der Waals surface area contributed by atoms with E-state index in [1.165, 1.54) is 18.2 Å². The topological polar surface area (TPSA) is 30.2 Å². The fraction of sp³-hybridized carbons (Fsp3) is 0.158. The number of fused-ring (bicyclic) bond motifs is 3. The van der Waals surface area contributed by atoms with E-state index >= 15 is 0 Å². The minimum Gasteiger partial charge on any atom is -0.299 e. The predicted molar refractivity (Wildman–Crippen MR) is 93.7 cm³/mol. The number of rotatable bonds is 2. The highest BCUT2D eigenvalue weighted by Gasteiger charge is 2.25. The van der Waals surface area contributed by atoms with Crippen molar-refractivity contribution in [2.45, 2.75) is 19.9 Å². The first-order valence-corrected chi connectivity index (χ1v) is 8.32. The Balaban J connectivity index is 2.03. The number of hydrogen-bond donors (Lipinski definition) is 0. The monoisotopic (exact) mass is 357 g/mol. The minimum atomic E-state index is -0.653. The van der Waals surface area contributed by atoms with Crippen LogP contribution in [0.1, 0.15) is 29.6 Å². The van der Waals surface area contributed by atoms with Crippen LogP contribution in [0.3, 0.4) is 0 Å². The molecule has 0 bridgehead atoms. The van der Waals surface area contributed by atoms with Crippen molar-refractivity contribution in [3.63, 3.8) is 0 Å². The normalized spacial score (nSPS) is 13.0. The third kappa shape index (κ3) is 2.55. The molecule has 1 aliphatic rings. The van der Waals surface area contributed by atoms with Crippen LogP contribution in [-0.2, 0) is 13.0 Å². The molecule has 25 heavy (non-hydrogen) atoms. The highest BCUT2D eigenvalue weighted by atomic mass is 35.5. The van der Waals surface area contributed by atoms with Crippen molar-refractivity contribution in [3.8, 4) is 5.69 Å². The van der Waals surface area contributed by atoms with E-state index < -0.39 is 11.6 Å². The lowest BCUT2D eigenvalue weighted by molar-refractivity contribution is 0.579. The Bertz CT molecular complexity index is 988. The summed E-state index contributed by atoms with van der Waals surface area (Å²) in [6, 6.07) is 9.07. The van der Waals surface area contributed by atoms with Gasteiger partial charge in [0.25, 0.3) is 0 Å². The first-order chi connectivity index (χ1) is 12.1. The quantitative estimate of drug-likeness (QED) is 0.652. The number of hydrogen-bond acceptors (Lipinski definition) is 2. The molecule has 0 atom stereocenters. The second kappa shape index (κ2) is 6.08. The van der Waals surface area contributed by atoms with Crippen molar-refractivity contribution in [1.82, 2.24) is 9.55 Å². The molecule has 0 radical (unpaired) electrons. The fourth-order valence-corrected chi connectivity index (χ4v) is 3.32. The van der Waals surface area contributed by atoms with Gasteiger partial charge in [-0.1, -0.05) is 24.6 Å². The molecule has 126 valence electrons. The summed E-state index contributed by atoms with van der Waals surface area (Å²) >= 11 is 6.17. The van der Waals surface area contributed by atoms with Crippen molar-refractivity contribution in [1.29, 1.82) is 0 Å². The van der Waals surface area contributed by atoms with Crippen LogP contribution in [0.4, 0.5) is 8.78 Å². The van der Waals surface area contributed by atoms with Crippen LogP contribution in [0.25, 0.3) is 5.69 Å². The maximum absolute atomic E-state index is 14.4. The molecule has 3 aromatic rings. The maximum atomic E-state index is 14.4. The van der Waals surface area contributed by atoms with Gasteiger partial charge in [-0.25, -0.2) is 13.8 Å². The van der Waals surface area contributed by atoms with E-state index in [0.29, 0.717) is 10.6 Å². The summed E-state index contributed by atoms with van der Waals surface area (Å²) in [5.41, 5.74) is 2.47. The van der Waals surface area contributed by atoms with E-state index in [1.807, 2.05) is 17.6 Å². The Morgan fingerprint density at radius 2 is 1.92 bits per heavy atom. The third-order valence-corrected chi connectivity index (χ3v) is 4.54. The summed E-state index contributed by atoms with van der Waals surface area (Å²) in [6.07, 6.45) is 2.58. The molecule has 0 saturated heterocycles. The van der Waals surface area contributed by atoms with Gasteiger partial charge < -0.3 is 0 Å². The molecule has 3 nitrogen and oxygen atoms in total. The SMILES string of the molecule is CCc1cnc2n1-c1ccc(Cl)cc1C(c1c(F)cccc1F)=NC2. The average molecular weight is 358 g/mol. The molecule has 2 aromatic carbocycles. The zero-order chi connectivity index (χ0) is 17.6. The Morgan fingerprint density at radius 3 is 2.64 bits per heavy atom. The van der Waals surface area contributed by atoms with Gasteiger partial charge in [-0.3, -0.25) is 9.56 Å². The molecule has 0 unspecified atom stereocenters. The molecular formula is C19H14ClF2N3. The van der Waals surface area contributed by atoms with Crippen molar-refractivity contribution < 1.29 is 8.78 Å². The lowest BCUT2D eigenvalue weighted by Gasteiger charge is -2.15. The number of aromatic nitrogens is 2. The van der Waals surface area contributed by atoms with Crippen molar-refractivity contribution >= 4 is 17.3 Å². The van der Waals surface area contributed by atoms with Gasteiger partial charge in [-0.15, -0.1) is 0 Å². The third-order valence-electron chi connectivity index (χ3n) is 4.30. The first kappa shape index (κ1) is 16.0. The van der Waals surface area contributed by atoms with E-state index in [2.05, 4.69) is 9.98 Å². The maximum Gasteiger partial charge on any atom is 0.135 e. The molecule has 4 rings (SSSR count). The van der Waals surface area contributed by atoms with Gasteiger partial charge in [0, 0.05) is 22.5 Å². The van der Waals surface area contributed by atoms with Crippen LogP contribution in [-0.4, -0.2) is 15.3 Å². The van der Waals surface area contributed by atoms with Gasteiger partial charge in [0.05, 0.1) is 23.5 Å². The van der Waals surface area contributed by atoms with E-state index in [1.54, 1.807) is 18.3 Å². The highest BCUT2D eigenvalue weighted by Crippen LogP contribution is 2.30. The summed E-state index contributed by atoms with van der Waals surface area (Å²) in [5.74, 6) is -0.577. The first-order valence-electron chi connectivity index (χ1n) is 7.94. The number of halogens is 3. The molecule has 0 fully saturated rings. The molecule has 0 saturated carbocycles. The fourth-order valence-electron chi connectivity index (χ4n) is 3.15. The van der Waals surface area contributed by atoms with Gasteiger partial charge >= 0.3 is 0 Å². The average Bonchev–Trinajstić information content (AvgIpc) is 2.93. The van der Waals surface area contributed by atoms with Crippen LogP contribution in [0.2, 0.25) is 5.02 Å². The second-order valence-corrected chi connectivity index (χ2v) is 6.21. The standard InChI is InChI=1S/C19H14ClF2N3/c1-2-12-9-23-17-10-24-19(18-14(21)4-3-5-15(18)22)13-8-11(20)6-7-16(13)25(12)17/h3-9H,2,10H2,1H3. The Labute approximate surface area is 148 Å². The smallest absolute Gasteiger partial charge is 0.135 e. The molecule has 1 aromatic heterocycles. The Kier molecular flexibility index (Phi) is 3.88. The summed E-state index contributed by atoms with van der Waals surface area (Å²) < 4.78 is 30.8. The van der Waals surface area contributed by atoms with E-state index in [9.17, 15) is 8.78 Å². The van der Waals surface area contributed by atoms with Gasteiger partial charge in [0.1, 0.15) is 17.5 Å². The molecule has 1 aliphatic heterocycles. The second-order valence-electron chi connectivity index (χ2n) is 5.78. The van der Waals surface area contributed by atoms with Crippen molar-refractivity contribution in [2.75, 3.05) is 0 Å². The Hall–Kier alpha value is -2.53. The number of nitrogens with zero attached hydrogens (tertiary/aromatic N) is 3. The lowest BCUT2D eigenvalue weighted by atomic mass is 9.99. The summed E-state index contributed by atoms with van der Waals surface area (Å²) in [6.45, 7) is 2.26. The largest absolute Gasteiger partial charge is 0.299 e. The molecule has 2 heterocycles. The van der Waals surface area contributed by atoms with E-state index in [4.69, 9.17) is 11.6 Å². The van der Waals surface area contributed by atoms with Crippen LogP contribution < -0.4 is 0 Å². The number of imidazole rings is 1. The van der Waals surface area contributed by atoms with Gasteiger partial charge in [-0.2, -0.15) is 0 Å². The minimum absolute atomic E-state index is 0.144. The molecular weight excluding hydrogens is 344 g/mol. The van der Waals surface area contributed by atoms with Crippen LogP contribution in [0.5, 0.6) is 0 Å². The summed E-state index contributed by atoms with van der Waals surface area (Å²) in [5, 5.41) is 0.477. The molecule has 6 heteroatoms. The van der Waals surface area contributed by atoms with E-state index in [-0.39, 0.29) is 17.8 Å². The lowest BCUT2D eigenvalue weighted by Crippen LogP contribution is -2.12. The molecule has 0 N–H and O–H groups in total. The Morgan fingerprint density at radius 1 is 1.16 bits per heavy atom. The van der Waals surface area contributed by atoms with Gasteiger partial charge in [-0.05, 0) is 36.8 Å². The highest BCUT2D eigenvalue weighted by molar-refractivity contribution is 6.31. The van der Waals surface area contributed by atoms with Gasteiger partial charge in [0.15, 0.2) is 0 Å². The zero-order valence-corrected chi connectivity index (χ0v) is 14.2. The summed E-state index contributed by atoms with van der Waals surface area (Å²) in [4.78, 5) is 8.90. The summed E-state index contributed by atoms with van der Waals surface area (Å²) in [7, 11) is 0.